The maximum absolute atomic E-state index is 12.6. The average Bonchev–Trinajstić information content (AvgIpc) is 3.33. The number of rotatable bonds is 7. The van der Waals surface area contributed by atoms with Gasteiger partial charge in [-0.2, -0.15) is 0 Å². The smallest absolute Gasteiger partial charge is 0.226 e. The Morgan fingerprint density at radius 1 is 1.23 bits per heavy atom. The van der Waals surface area contributed by atoms with Gasteiger partial charge in [-0.3, -0.25) is 9.59 Å². The molecule has 1 N–H and O–H groups in total. The van der Waals surface area contributed by atoms with Crippen LogP contribution in [-0.2, 0) is 16.1 Å². The third kappa shape index (κ3) is 4.09. The topological polar surface area (TPSA) is 49.4 Å². The Labute approximate surface area is 132 Å². The Balaban J connectivity index is 1.89. The molecule has 4 nitrogen and oxygen atoms in total. The first-order valence-electron chi connectivity index (χ1n) is 8.19. The van der Waals surface area contributed by atoms with Gasteiger partial charge in [0.15, 0.2) is 0 Å². The van der Waals surface area contributed by atoms with Crippen molar-refractivity contribution in [3.8, 4) is 0 Å². The highest BCUT2D eigenvalue weighted by atomic mass is 16.2. The maximum Gasteiger partial charge on any atom is 0.226 e. The van der Waals surface area contributed by atoms with Crippen molar-refractivity contribution < 1.29 is 9.59 Å². The van der Waals surface area contributed by atoms with Crippen molar-refractivity contribution in [2.24, 2.45) is 11.8 Å². The molecule has 1 aliphatic rings. The highest BCUT2D eigenvalue weighted by molar-refractivity contribution is 5.92. The lowest BCUT2D eigenvalue weighted by Crippen LogP contribution is -2.36. The molecule has 2 rings (SSSR count). The van der Waals surface area contributed by atoms with E-state index in [0.29, 0.717) is 19.5 Å². The second kappa shape index (κ2) is 7.43. The zero-order valence-corrected chi connectivity index (χ0v) is 13.7. The standard InChI is InChI=1S/C18H26N2O2/c1-4-13(3)19-17(21)15-11-16(15)18(22)20(5-2)12-14-9-7-6-8-10-14/h6-10,13,15-16H,4-5,11-12H2,1-3H3,(H,19,21). The number of carbonyl (C=O) groups is 2. The van der Waals surface area contributed by atoms with Gasteiger partial charge in [-0.25, -0.2) is 0 Å². The number of hydrogen-bond donors (Lipinski definition) is 1. The van der Waals surface area contributed by atoms with Gasteiger partial charge in [0.2, 0.25) is 11.8 Å². The van der Waals surface area contributed by atoms with Crippen molar-refractivity contribution in [1.82, 2.24) is 10.2 Å². The number of hydrogen-bond acceptors (Lipinski definition) is 2. The molecule has 0 radical (unpaired) electrons. The lowest BCUT2D eigenvalue weighted by molar-refractivity contribution is -0.135. The zero-order chi connectivity index (χ0) is 16.1. The molecule has 0 saturated heterocycles. The minimum Gasteiger partial charge on any atom is -0.353 e. The Hall–Kier alpha value is -1.84. The van der Waals surface area contributed by atoms with Crippen molar-refractivity contribution >= 4 is 11.8 Å². The van der Waals surface area contributed by atoms with E-state index >= 15 is 0 Å². The quantitative estimate of drug-likeness (QED) is 0.841. The molecule has 1 saturated carbocycles. The molecule has 0 aromatic heterocycles. The fourth-order valence-corrected chi connectivity index (χ4v) is 2.59. The van der Waals surface area contributed by atoms with E-state index in [1.54, 1.807) is 0 Å². The predicted octanol–water partition coefficient (Wildman–Crippen LogP) is 2.59. The van der Waals surface area contributed by atoms with Gasteiger partial charge >= 0.3 is 0 Å². The summed E-state index contributed by atoms with van der Waals surface area (Å²) in [6.07, 6.45) is 1.60. The summed E-state index contributed by atoms with van der Waals surface area (Å²) in [7, 11) is 0. The Kier molecular flexibility index (Phi) is 5.58. The van der Waals surface area contributed by atoms with Crippen LogP contribution in [0.3, 0.4) is 0 Å². The summed E-state index contributed by atoms with van der Waals surface area (Å²) in [5.41, 5.74) is 1.12. The van der Waals surface area contributed by atoms with Crippen LogP contribution in [0.15, 0.2) is 30.3 Å². The minimum absolute atomic E-state index is 0.0310. The van der Waals surface area contributed by atoms with Crippen molar-refractivity contribution in [2.75, 3.05) is 6.54 Å². The van der Waals surface area contributed by atoms with Gasteiger partial charge in [0.1, 0.15) is 0 Å². The third-order valence-corrected chi connectivity index (χ3v) is 4.36. The molecule has 1 aromatic rings. The van der Waals surface area contributed by atoms with Crippen LogP contribution in [0.5, 0.6) is 0 Å². The predicted molar refractivity (Wildman–Crippen MR) is 87.0 cm³/mol. The summed E-state index contributed by atoms with van der Waals surface area (Å²) >= 11 is 0. The van der Waals surface area contributed by atoms with Gasteiger partial charge in [0.05, 0.1) is 11.8 Å². The Morgan fingerprint density at radius 3 is 2.50 bits per heavy atom. The molecule has 1 fully saturated rings. The second-order valence-corrected chi connectivity index (χ2v) is 6.10. The molecule has 1 aromatic carbocycles. The van der Waals surface area contributed by atoms with Crippen LogP contribution in [-0.4, -0.2) is 29.3 Å². The summed E-state index contributed by atoms with van der Waals surface area (Å²) in [6, 6.07) is 10.2. The highest BCUT2D eigenvalue weighted by Gasteiger charge is 2.49. The van der Waals surface area contributed by atoms with Crippen LogP contribution in [0.4, 0.5) is 0 Å². The summed E-state index contributed by atoms with van der Waals surface area (Å²) in [5.74, 6) is -0.127. The minimum atomic E-state index is -0.133. The molecule has 0 heterocycles. The first kappa shape index (κ1) is 16.5. The molecule has 3 unspecified atom stereocenters. The van der Waals surface area contributed by atoms with Crippen LogP contribution in [0.2, 0.25) is 0 Å². The first-order chi connectivity index (χ1) is 10.6. The van der Waals surface area contributed by atoms with Crippen LogP contribution < -0.4 is 5.32 Å². The van der Waals surface area contributed by atoms with E-state index < -0.39 is 0 Å². The second-order valence-electron chi connectivity index (χ2n) is 6.10. The molecule has 1 aliphatic carbocycles. The van der Waals surface area contributed by atoms with Gasteiger partial charge in [0.25, 0.3) is 0 Å². The maximum atomic E-state index is 12.6. The summed E-state index contributed by atoms with van der Waals surface area (Å²) < 4.78 is 0. The zero-order valence-electron chi connectivity index (χ0n) is 13.7. The van der Waals surface area contributed by atoms with E-state index in [4.69, 9.17) is 0 Å². The molecule has 0 bridgehead atoms. The first-order valence-corrected chi connectivity index (χ1v) is 8.19. The van der Waals surface area contributed by atoms with Crippen molar-refractivity contribution in [1.29, 1.82) is 0 Å². The van der Waals surface area contributed by atoms with E-state index in [1.165, 1.54) is 0 Å². The van der Waals surface area contributed by atoms with Gasteiger partial charge < -0.3 is 10.2 Å². The molecule has 2 amide bonds. The Morgan fingerprint density at radius 2 is 1.91 bits per heavy atom. The average molecular weight is 302 g/mol. The van der Waals surface area contributed by atoms with E-state index in [1.807, 2.05) is 56.0 Å². The van der Waals surface area contributed by atoms with Crippen molar-refractivity contribution in [3.05, 3.63) is 35.9 Å². The molecule has 120 valence electrons. The summed E-state index contributed by atoms with van der Waals surface area (Å²) in [5, 5.41) is 2.97. The van der Waals surface area contributed by atoms with Crippen LogP contribution in [0.1, 0.15) is 39.2 Å². The number of carbonyl (C=O) groups excluding carboxylic acids is 2. The molecule has 4 heteroatoms. The van der Waals surface area contributed by atoms with Crippen molar-refractivity contribution in [3.63, 3.8) is 0 Å². The molecule has 0 spiro atoms. The summed E-state index contributed by atoms with van der Waals surface area (Å²) in [6.45, 7) is 7.30. The van der Waals surface area contributed by atoms with Crippen LogP contribution in [0, 0.1) is 11.8 Å². The lowest BCUT2D eigenvalue weighted by atomic mass is 10.2. The Bertz CT molecular complexity index is 515. The van der Waals surface area contributed by atoms with Gasteiger partial charge in [-0.1, -0.05) is 37.3 Å². The molecule has 3 atom stereocenters. The number of amides is 2. The fraction of sp³-hybridized carbons (Fsp3) is 0.556. The van der Waals surface area contributed by atoms with Crippen LogP contribution >= 0.6 is 0 Å². The lowest BCUT2D eigenvalue weighted by Gasteiger charge is -2.21. The number of nitrogens with zero attached hydrogens (tertiary/aromatic N) is 1. The largest absolute Gasteiger partial charge is 0.353 e. The SMILES string of the molecule is CCC(C)NC(=O)C1CC1C(=O)N(CC)Cc1ccccc1. The van der Waals surface area contributed by atoms with Gasteiger partial charge in [-0.15, -0.1) is 0 Å². The van der Waals surface area contributed by atoms with Gasteiger partial charge in [-0.05, 0) is 32.3 Å². The third-order valence-electron chi connectivity index (χ3n) is 4.36. The van der Waals surface area contributed by atoms with E-state index in [9.17, 15) is 9.59 Å². The van der Waals surface area contributed by atoms with E-state index in [0.717, 1.165) is 12.0 Å². The highest BCUT2D eigenvalue weighted by Crippen LogP contribution is 2.40. The van der Waals surface area contributed by atoms with E-state index in [-0.39, 0.29) is 29.7 Å². The van der Waals surface area contributed by atoms with Gasteiger partial charge in [0, 0.05) is 19.1 Å². The number of benzene rings is 1. The fourth-order valence-electron chi connectivity index (χ4n) is 2.59. The number of nitrogens with one attached hydrogen (secondary N) is 1. The normalized spacial score (nSPS) is 21.0. The van der Waals surface area contributed by atoms with Crippen LogP contribution in [0.25, 0.3) is 0 Å². The molecular formula is C18H26N2O2. The van der Waals surface area contributed by atoms with Crippen molar-refractivity contribution in [2.45, 2.75) is 46.2 Å². The monoisotopic (exact) mass is 302 g/mol. The molecule has 0 aliphatic heterocycles. The summed E-state index contributed by atoms with van der Waals surface area (Å²) in [4.78, 5) is 26.5. The van der Waals surface area contributed by atoms with E-state index in [2.05, 4.69) is 5.32 Å². The molecule has 22 heavy (non-hydrogen) atoms. The molecular weight excluding hydrogens is 276 g/mol.